The molecule has 1 heterocycles. The van der Waals surface area contributed by atoms with E-state index in [1.807, 2.05) is 44.3 Å². The molecule has 17 heavy (non-hydrogen) atoms. The molecule has 0 saturated heterocycles. The van der Waals surface area contributed by atoms with Gasteiger partial charge in [-0.2, -0.15) is 0 Å². The van der Waals surface area contributed by atoms with Gasteiger partial charge in [-0.15, -0.1) is 0 Å². The van der Waals surface area contributed by atoms with Gasteiger partial charge in [-0.25, -0.2) is 9.97 Å². The number of hydrogen-bond acceptors (Lipinski definition) is 3. The van der Waals surface area contributed by atoms with Gasteiger partial charge in [0, 0.05) is 33.5 Å². The van der Waals surface area contributed by atoms with Gasteiger partial charge in [0.05, 0.1) is 0 Å². The maximum absolute atomic E-state index is 5.84. The Morgan fingerprint density at radius 3 is 2.59 bits per heavy atom. The number of nitrogens with two attached hydrogens (primary N) is 1. The maximum Gasteiger partial charge on any atom is 0.160 e. The predicted molar refractivity (Wildman–Crippen MR) is 72.5 cm³/mol. The van der Waals surface area contributed by atoms with Crippen LogP contribution in [0.3, 0.4) is 0 Å². The van der Waals surface area contributed by atoms with Crippen molar-refractivity contribution >= 4 is 15.9 Å². The number of aromatic nitrogens is 2. The van der Waals surface area contributed by atoms with E-state index in [2.05, 4.69) is 25.9 Å². The van der Waals surface area contributed by atoms with Gasteiger partial charge in [0.1, 0.15) is 0 Å². The molecule has 0 amide bonds. The monoisotopic (exact) mass is 291 g/mol. The van der Waals surface area contributed by atoms with Crippen molar-refractivity contribution in [2.24, 2.45) is 5.73 Å². The van der Waals surface area contributed by atoms with Crippen molar-refractivity contribution in [1.82, 2.24) is 9.97 Å². The van der Waals surface area contributed by atoms with Gasteiger partial charge >= 0.3 is 0 Å². The van der Waals surface area contributed by atoms with Crippen LogP contribution in [-0.2, 0) is 0 Å². The standard InChI is InChI=1S/C13H14BrN3/c1-8(15)11-7-16-13(17-9(11)2)10-5-3-4-6-12(10)14/h3-8H,15H2,1-2H3/t8-/m0/s1. The van der Waals surface area contributed by atoms with Crippen molar-refractivity contribution in [2.45, 2.75) is 19.9 Å². The average molecular weight is 292 g/mol. The normalized spacial score (nSPS) is 12.5. The van der Waals surface area contributed by atoms with Crippen molar-refractivity contribution < 1.29 is 0 Å². The molecule has 0 aliphatic carbocycles. The third kappa shape index (κ3) is 2.53. The van der Waals surface area contributed by atoms with Crippen LogP contribution in [0.1, 0.15) is 24.2 Å². The Morgan fingerprint density at radius 2 is 2.00 bits per heavy atom. The van der Waals surface area contributed by atoms with Crippen molar-refractivity contribution in [3.8, 4) is 11.4 Å². The van der Waals surface area contributed by atoms with Gasteiger partial charge < -0.3 is 5.73 Å². The Bertz CT molecular complexity index is 538. The van der Waals surface area contributed by atoms with Gasteiger partial charge in [-0.05, 0) is 19.9 Å². The zero-order chi connectivity index (χ0) is 12.4. The molecule has 2 rings (SSSR count). The van der Waals surface area contributed by atoms with Crippen LogP contribution in [0, 0.1) is 6.92 Å². The second kappa shape index (κ2) is 4.94. The van der Waals surface area contributed by atoms with Crippen molar-refractivity contribution in [1.29, 1.82) is 0 Å². The molecule has 88 valence electrons. The predicted octanol–water partition coefficient (Wildman–Crippen LogP) is 3.23. The third-order valence-electron chi connectivity index (χ3n) is 2.62. The molecule has 0 bridgehead atoms. The molecule has 1 atom stereocenters. The summed E-state index contributed by atoms with van der Waals surface area (Å²) in [6.45, 7) is 3.89. The Kier molecular flexibility index (Phi) is 3.54. The molecular weight excluding hydrogens is 278 g/mol. The molecule has 0 aliphatic rings. The van der Waals surface area contributed by atoms with Crippen molar-refractivity contribution in [3.63, 3.8) is 0 Å². The summed E-state index contributed by atoms with van der Waals surface area (Å²) in [5.74, 6) is 0.722. The van der Waals surface area contributed by atoms with E-state index in [0.29, 0.717) is 0 Å². The van der Waals surface area contributed by atoms with Crippen molar-refractivity contribution in [3.05, 3.63) is 46.2 Å². The highest BCUT2D eigenvalue weighted by atomic mass is 79.9. The summed E-state index contributed by atoms with van der Waals surface area (Å²) in [4.78, 5) is 8.88. The van der Waals surface area contributed by atoms with Gasteiger partial charge in [0.25, 0.3) is 0 Å². The lowest BCUT2D eigenvalue weighted by Gasteiger charge is -2.10. The van der Waals surface area contributed by atoms with E-state index in [1.165, 1.54) is 0 Å². The van der Waals surface area contributed by atoms with E-state index >= 15 is 0 Å². The largest absolute Gasteiger partial charge is 0.324 e. The van der Waals surface area contributed by atoms with Gasteiger partial charge in [-0.3, -0.25) is 0 Å². The van der Waals surface area contributed by atoms with Crippen LogP contribution in [0.2, 0.25) is 0 Å². The highest BCUT2D eigenvalue weighted by Gasteiger charge is 2.10. The van der Waals surface area contributed by atoms with Crippen LogP contribution in [0.25, 0.3) is 11.4 Å². The second-order valence-corrected chi connectivity index (χ2v) is 4.86. The van der Waals surface area contributed by atoms with Gasteiger partial charge in [0.2, 0.25) is 0 Å². The van der Waals surface area contributed by atoms with E-state index in [1.54, 1.807) is 0 Å². The lowest BCUT2D eigenvalue weighted by Crippen LogP contribution is -2.09. The summed E-state index contributed by atoms with van der Waals surface area (Å²) in [6, 6.07) is 7.87. The first-order valence-electron chi connectivity index (χ1n) is 5.43. The molecule has 0 radical (unpaired) electrons. The molecule has 0 aliphatic heterocycles. The summed E-state index contributed by atoms with van der Waals surface area (Å²) in [5.41, 5.74) is 8.75. The molecule has 2 N–H and O–H groups in total. The smallest absolute Gasteiger partial charge is 0.160 e. The molecule has 3 nitrogen and oxygen atoms in total. The van der Waals surface area contributed by atoms with Crippen LogP contribution in [0.4, 0.5) is 0 Å². The van der Waals surface area contributed by atoms with E-state index < -0.39 is 0 Å². The summed E-state index contributed by atoms with van der Waals surface area (Å²) in [5, 5.41) is 0. The molecule has 1 aromatic heterocycles. The van der Waals surface area contributed by atoms with Crippen molar-refractivity contribution in [2.75, 3.05) is 0 Å². The summed E-state index contributed by atoms with van der Waals surface area (Å²) >= 11 is 3.50. The average Bonchev–Trinajstić information content (AvgIpc) is 2.29. The van der Waals surface area contributed by atoms with E-state index in [0.717, 1.165) is 27.1 Å². The topological polar surface area (TPSA) is 51.8 Å². The highest BCUT2D eigenvalue weighted by molar-refractivity contribution is 9.10. The van der Waals surface area contributed by atoms with E-state index in [-0.39, 0.29) is 6.04 Å². The first-order chi connectivity index (χ1) is 8.09. The van der Waals surface area contributed by atoms with Crippen LogP contribution in [-0.4, -0.2) is 9.97 Å². The Hall–Kier alpha value is -1.26. The minimum absolute atomic E-state index is 0.0386. The SMILES string of the molecule is Cc1nc(-c2ccccc2Br)ncc1[C@H](C)N. The number of aryl methyl sites for hydroxylation is 1. The summed E-state index contributed by atoms with van der Waals surface area (Å²) in [7, 11) is 0. The quantitative estimate of drug-likeness (QED) is 0.924. The fourth-order valence-corrected chi connectivity index (χ4v) is 2.16. The maximum atomic E-state index is 5.84. The van der Waals surface area contributed by atoms with Crippen LogP contribution in [0.5, 0.6) is 0 Å². The molecular formula is C13H14BrN3. The molecule has 1 aromatic carbocycles. The molecule has 0 fully saturated rings. The number of rotatable bonds is 2. The van der Waals surface area contributed by atoms with E-state index in [4.69, 9.17) is 5.73 Å². The molecule has 0 saturated carbocycles. The third-order valence-corrected chi connectivity index (χ3v) is 3.31. The zero-order valence-corrected chi connectivity index (χ0v) is 11.4. The van der Waals surface area contributed by atoms with Gasteiger partial charge in [-0.1, -0.05) is 34.1 Å². The zero-order valence-electron chi connectivity index (χ0n) is 9.81. The first-order valence-corrected chi connectivity index (χ1v) is 6.23. The van der Waals surface area contributed by atoms with Crippen LogP contribution >= 0.6 is 15.9 Å². The summed E-state index contributed by atoms with van der Waals surface area (Å²) in [6.07, 6.45) is 1.81. The van der Waals surface area contributed by atoms with Gasteiger partial charge in [0.15, 0.2) is 5.82 Å². The highest BCUT2D eigenvalue weighted by Crippen LogP contribution is 2.26. The minimum atomic E-state index is -0.0386. The molecule has 0 unspecified atom stereocenters. The lowest BCUT2D eigenvalue weighted by molar-refractivity contribution is 0.790. The Labute approximate surface area is 109 Å². The van der Waals surface area contributed by atoms with Crippen LogP contribution in [0.15, 0.2) is 34.9 Å². The summed E-state index contributed by atoms with van der Waals surface area (Å²) < 4.78 is 0.993. The fourth-order valence-electron chi connectivity index (χ4n) is 1.70. The lowest BCUT2D eigenvalue weighted by atomic mass is 10.1. The number of nitrogens with zero attached hydrogens (tertiary/aromatic N) is 2. The number of halogens is 1. The Balaban J connectivity index is 2.49. The minimum Gasteiger partial charge on any atom is -0.324 e. The van der Waals surface area contributed by atoms with E-state index in [9.17, 15) is 0 Å². The number of hydrogen-bond donors (Lipinski definition) is 1. The molecule has 2 aromatic rings. The van der Waals surface area contributed by atoms with Crippen LogP contribution < -0.4 is 5.73 Å². The Morgan fingerprint density at radius 1 is 1.29 bits per heavy atom. The first kappa shape index (κ1) is 12.2. The number of benzene rings is 1. The molecule has 4 heteroatoms. The molecule has 0 spiro atoms. The second-order valence-electron chi connectivity index (χ2n) is 4.00. The fraction of sp³-hybridized carbons (Fsp3) is 0.231.